The van der Waals surface area contributed by atoms with E-state index in [-0.39, 0.29) is 18.6 Å². The SMILES string of the molecule is O=C(Cn1cccn1)N1CCCC(Oc2ncccn2)C1. The summed E-state index contributed by atoms with van der Waals surface area (Å²) >= 11 is 0. The third-order valence-corrected chi connectivity index (χ3v) is 3.40. The van der Waals surface area contributed by atoms with Crippen molar-refractivity contribution in [2.75, 3.05) is 13.1 Å². The number of ether oxygens (including phenoxy) is 1. The number of hydrogen-bond donors (Lipinski definition) is 0. The topological polar surface area (TPSA) is 73.1 Å². The molecule has 2 aromatic heterocycles. The highest BCUT2D eigenvalue weighted by atomic mass is 16.5. The molecule has 1 aliphatic rings. The van der Waals surface area contributed by atoms with Gasteiger partial charge in [0.25, 0.3) is 0 Å². The van der Waals surface area contributed by atoms with E-state index in [1.54, 1.807) is 35.5 Å². The van der Waals surface area contributed by atoms with Crippen LogP contribution in [0.1, 0.15) is 12.8 Å². The molecule has 1 fully saturated rings. The van der Waals surface area contributed by atoms with E-state index < -0.39 is 0 Å². The second-order valence-corrected chi connectivity index (χ2v) is 4.96. The van der Waals surface area contributed by atoms with Crippen molar-refractivity contribution in [1.82, 2.24) is 24.6 Å². The lowest BCUT2D eigenvalue weighted by Gasteiger charge is -2.32. The summed E-state index contributed by atoms with van der Waals surface area (Å²) in [5, 5.41) is 4.06. The summed E-state index contributed by atoms with van der Waals surface area (Å²) in [6.45, 7) is 1.59. The van der Waals surface area contributed by atoms with Crippen molar-refractivity contribution in [1.29, 1.82) is 0 Å². The Morgan fingerprint density at radius 3 is 2.90 bits per heavy atom. The smallest absolute Gasteiger partial charge is 0.316 e. The van der Waals surface area contributed by atoms with Gasteiger partial charge in [-0.3, -0.25) is 9.48 Å². The van der Waals surface area contributed by atoms with Gasteiger partial charge >= 0.3 is 6.01 Å². The number of piperidine rings is 1. The Labute approximate surface area is 122 Å². The van der Waals surface area contributed by atoms with Crippen LogP contribution in [0.15, 0.2) is 36.9 Å². The first-order chi connectivity index (χ1) is 10.3. The van der Waals surface area contributed by atoms with Crippen LogP contribution in [0.5, 0.6) is 6.01 Å². The standard InChI is InChI=1S/C14H17N5O2/c20-13(11-19-9-3-7-17-19)18-8-1-4-12(10-18)21-14-15-5-2-6-16-14/h2-3,5-7,9,12H,1,4,8,10-11H2. The van der Waals surface area contributed by atoms with Gasteiger partial charge in [-0.2, -0.15) is 5.10 Å². The van der Waals surface area contributed by atoms with Crippen molar-refractivity contribution in [2.24, 2.45) is 0 Å². The molecule has 3 rings (SSSR count). The molecule has 0 aliphatic carbocycles. The summed E-state index contributed by atoms with van der Waals surface area (Å²) in [4.78, 5) is 22.2. The summed E-state index contributed by atoms with van der Waals surface area (Å²) in [6, 6.07) is 3.92. The number of hydrogen-bond acceptors (Lipinski definition) is 5. The van der Waals surface area contributed by atoms with E-state index in [2.05, 4.69) is 15.1 Å². The molecule has 0 saturated carbocycles. The Morgan fingerprint density at radius 2 is 2.14 bits per heavy atom. The van der Waals surface area contributed by atoms with Crippen LogP contribution in [0.4, 0.5) is 0 Å². The molecule has 7 heteroatoms. The van der Waals surface area contributed by atoms with Crippen LogP contribution in [0.2, 0.25) is 0 Å². The van der Waals surface area contributed by atoms with E-state index >= 15 is 0 Å². The number of carbonyl (C=O) groups excluding carboxylic acids is 1. The van der Waals surface area contributed by atoms with E-state index in [0.29, 0.717) is 12.6 Å². The van der Waals surface area contributed by atoms with Crippen molar-refractivity contribution in [3.8, 4) is 6.01 Å². The first-order valence-electron chi connectivity index (χ1n) is 7.00. The zero-order valence-electron chi connectivity index (χ0n) is 11.6. The maximum Gasteiger partial charge on any atom is 0.316 e. The normalized spacial score (nSPS) is 18.5. The van der Waals surface area contributed by atoms with Crippen molar-refractivity contribution in [3.63, 3.8) is 0 Å². The summed E-state index contributed by atoms with van der Waals surface area (Å²) < 4.78 is 7.36. The van der Waals surface area contributed by atoms with Gasteiger partial charge in [-0.1, -0.05) is 0 Å². The van der Waals surface area contributed by atoms with Crippen LogP contribution in [0, 0.1) is 0 Å². The monoisotopic (exact) mass is 287 g/mol. The van der Waals surface area contributed by atoms with Gasteiger partial charge in [0.1, 0.15) is 12.6 Å². The Hall–Kier alpha value is -2.44. The quantitative estimate of drug-likeness (QED) is 0.829. The van der Waals surface area contributed by atoms with Crippen LogP contribution in [0.3, 0.4) is 0 Å². The highest BCUT2D eigenvalue weighted by Crippen LogP contribution is 2.15. The number of amides is 1. The van der Waals surface area contributed by atoms with Crippen LogP contribution < -0.4 is 4.74 Å². The molecule has 110 valence electrons. The third kappa shape index (κ3) is 3.56. The molecular formula is C14H17N5O2. The molecule has 1 amide bonds. The summed E-state index contributed by atoms with van der Waals surface area (Å²) in [7, 11) is 0. The average molecular weight is 287 g/mol. The minimum absolute atomic E-state index is 0.0530. The Bertz CT molecular complexity index is 572. The van der Waals surface area contributed by atoms with Gasteiger partial charge < -0.3 is 9.64 Å². The molecule has 1 saturated heterocycles. The van der Waals surface area contributed by atoms with Gasteiger partial charge in [0, 0.05) is 31.3 Å². The maximum absolute atomic E-state index is 12.2. The summed E-state index contributed by atoms with van der Waals surface area (Å²) in [5.41, 5.74) is 0. The Morgan fingerprint density at radius 1 is 1.29 bits per heavy atom. The largest absolute Gasteiger partial charge is 0.458 e. The number of rotatable bonds is 4. The summed E-state index contributed by atoms with van der Waals surface area (Å²) in [5.74, 6) is 0.0565. The molecule has 0 spiro atoms. The molecule has 0 bridgehead atoms. The highest BCUT2D eigenvalue weighted by Gasteiger charge is 2.25. The minimum Gasteiger partial charge on any atom is -0.458 e. The molecule has 0 N–H and O–H groups in total. The first-order valence-corrected chi connectivity index (χ1v) is 7.00. The minimum atomic E-state index is -0.0530. The van der Waals surface area contributed by atoms with Crippen molar-refractivity contribution < 1.29 is 9.53 Å². The van der Waals surface area contributed by atoms with Gasteiger partial charge in [-0.15, -0.1) is 0 Å². The van der Waals surface area contributed by atoms with E-state index in [9.17, 15) is 4.79 Å². The van der Waals surface area contributed by atoms with E-state index in [4.69, 9.17) is 4.74 Å². The second kappa shape index (κ2) is 6.34. The van der Waals surface area contributed by atoms with Gasteiger partial charge in [0.15, 0.2) is 0 Å². The highest BCUT2D eigenvalue weighted by molar-refractivity contribution is 5.76. The van der Waals surface area contributed by atoms with E-state index in [1.165, 1.54) is 0 Å². The van der Waals surface area contributed by atoms with Crippen molar-refractivity contribution in [3.05, 3.63) is 36.9 Å². The number of nitrogens with zero attached hydrogens (tertiary/aromatic N) is 5. The van der Waals surface area contributed by atoms with Gasteiger partial charge in [0.2, 0.25) is 5.91 Å². The van der Waals surface area contributed by atoms with Crippen LogP contribution in [-0.4, -0.2) is 49.7 Å². The second-order valence-electron chi connectivity index (χ2n) is 4.96. The van der Waals surface area contributed by atoms with Crippen molar-refractivity contribution in [2.45, 2.75) is 25.5 Å². The van der Waals surface area contributed by atoms with Gasteiger partial charge in [0.05, 0.1) is 6.54 Å². The molecular weight excluding hydrogens is 270 g/mol. The third-order valence-electron chi connectivity index (χ3n) is 3.40. The lowest BCUT2D eigenvalue weighted by Crippen LogP contribution is -2.45. The average Bonchev–Trinajstić information content (AvgIpc) is 3.01. The Kier molecular flexibility index (Phi) is 4.09. The molecule has 2 aromatic rings. The fraction of sp³-hybridized carbons (Fsp3) is 0.429. The summed E-state index contributed by atoms with van der Waals surface area (Å²) in [6.07, 6.45) is 8.52. The first kappa shape index (κ1) is 13.5. The molecule has 7 nitrogen and oxygen atoms in total. The van der Waals surface area contributed by atoms with Crippen LogP contribution >= 0.6 is 0 Å². The maximum atomic E-state index is 12.2. The molecule has 1 atom stereocenters. The van der Waals surface area contributed by atoms with Crippen LogP contribution in [0.25, 0.3) is 0 Å². The molecule has 0 radical (unpaired) electrons. The van der Waals surface area contributed by atoms with Crippen molar-refractivity contribution >= 4 is 5.91 Å². The molecule has 1 unspecified atom stereocenters. The van der Waals surface area contributed by atoms with Gasteiger partial charge in [-0.25, -0.2) is 9.97 Å². The zero-order valence-corrected chi connectivity index (χ0v) is 11.6. The van der Waals surface area contributed by atoms with E-state index in [0.717, 1.165) is 19.4 Å². The molecule has 0 aromatic carbocycles. The lowest BCUT2D eigenvalue weighted by molar-refractivity contribution is -0.134. The molecule has 21 heavy (non-hydrogen) atoms. The molecule has 3 heterocycles. The number of aromatic nitrogens is 4. The predicted octanol–water partition coefficient (Wildman–Crippen LogP) is 0.743. The Balaban J connectivity index is 1.56. The van der Waals surface area contributed by atoms with E-state index in [1.807, 2.05) is 11.0 Å². The number of likely N-dealkylation sites (tertiary alicyclic amines) is 1. The van der Waals surface area contributed by atoms with Gasteiger partial charge in [-0.05, 0) is 25.0 Å². The van der Waals surface area contributed by atoms with Crippen LogP contribution in [-0.2, 0) is 11.3 Å². The fourth-order valence-electron chi connectivity index (χ4n) is 2.39. The molecule has 1 aliphatic heterocycles. The predicted molar refractivity (Wildman–Crippen MR) is 74.5 cm³/mol. The fourth-order valence-corrected chi connectivity index (χ4v) is 2.39. The zero-order chi connectivity index (χ0) is 14.5. The number of carbonyl (C=O) groups is 1. The lowest BCUT2D eigenvalue weighted by atomic mass is 10.1.